The molecule has 12 heteroatoms. The summed E-state index contributed by atoms with van der Waals surface area (Å²) in [4.78, 5) is 36.0. The average molecular weight is 443 g/mol. The SMILES string of the molecule is O=C(COC(=O)c1csc(-c2ncccn2)n1)Nc1c(Cl)cccc1C(F)(F)F. The molecule has 0 aliphatic carbocycles. The minimum atomic E-state index is -4.72. The first-order valence-corrected chi connectivity index (χ1v) is 9.07. The number of nitrogens with one attached hydrogen (secondary N) is 1. The Kier molecular flexibility index (Phi) is 6.09. The predicted octanol–water partition coefficient (Wildman–Crippen LogP) is 4.07. The maximum atomic E-state index is 13.0. The van der Waals surface area contributed by atoms with Gasteiger partial charge in [-0.1, -0.05) is 17.7 Å². The molecule has 0 saturated heterocycles. The van der Waals surface area contributed by atoms with Crippen molar-refractivity contribution < 1.29 is 27.5 Å². The molecule has 0 fully saturated rings. The summed E-state index contributed by atoms with van der Waals surface area (Å²) >= 11 is 6.85. The molecule has 0 saturated carbocycles. The van der Waals surface area contributed by atoms with Crippen molar-refractivity contribution in [1.82, 2.24) is 15.0 Å². The number of nitrogens with zero attached hydrogens (tertiary/aromatic N) is 3. The molecule has 3 aromatic rings. The molecule has 2 heterocycles. The van der Waals surface area contributed by atoms with Gasteiger partial charge in [0.25, 0.3) is 5.91 Å². The largest absolute Gasteiger partial charge is 0.451 e. The molecular formula is C17H10ClF3N4O3S. The van der Waals surface area contributed by atoms with Crippen molar-refractivity contribution in [2.45, 2.75) is 6.18 Å². The molecule has 2 aromatic heterocycles. The number of carbonyl (C=O) groups excluding carboxylic acids is 2. The number of alkyl halides is 3. The summed E-state index contributed by atoms with van der Waals surface area (Å²) in [6, 6.07) is 4.70. The van der Waals surface area contributed by atoms with Crippen LogP contribution in [0.3, 0.4) is 0 Å². The van der Waals surface area contributed by atoms with Gasteiger partial charge in [0.05, 0.1) is 16.3 Å². The monoisotopic (exact) mass is 442 g/mol. The van der Waals surface area contributed by atoms with E-state index in [4.69, 9.17) is 16.3 Å². The Balaban J connectivity index is 1.64. The van der Waals surface area contributed by atoms with Crippen molar-refractivity contribution >= 4 is 40.5 Å². The van der Waals surface area contributed by atoms with Crippen molar-refractivity contribution in [1.29, 1.82) is 0 Å². The third-order valence-electron chi connectivity index (χ3n) is 3.39. The fourth-order valence-corrected chi connectivity index (χ4v) is 3.10. The molecule has 0 atom stereocenters. The van der Waals surface area contributed by atoms with Crippen LogP contribution in [0, 0.1) is 0 Å². The van der Waals surface area contributed by atoms with Gasteiger partial charge in [0.2, 0.25) is 0 Å². The number of benzene rings is 1. The summed E-state index contributed by atoms with van der Waals surface area (Å²) in [5.74, 6) is -1.60. The molecule has 3 rings (SSSR count). The number of anilines is 1. The fraction of sp³-hybridized carbons (Fsp3) is 0.118. The summed E-state index contributed by atoms with van der Waals surface area (Å²) in [6.45, 7) is -0.823. The Labute approximate surface area is 170 Å². The third-order valence-corrected chi connectivity index (χ3v) is 4.54. The zero-order valence-corrected chi connectivity index (χ0v) is 15.8. The number of esters is 1. The van der Waals surface area contributed by atoms with Gasteiger partial charge >= 0.3 is 12.1 Å². The Morgan fingerprint density at radius 1 is 1.17 bits per heavy atom. The molecule has 1 N–H and O–H groups in total. The summed E-state index contributed by atoms with van der Waals surface area (Å²) < 4.78 is 43.9. The van der Waals surface area contributed by atoms with Gasteiger partial charge in [0, 0.05) is 17.8 Å². The van der Waals surface area contributed by atoms with Crippen LogP contribution in [-0.4, -0.2) is 33.4 Å². The minimum Gasteiger partial charge on any atom is -0.451 e. The Morgan fingerprint density at radius 3 is 2.59 bits per heavy atom. The van der Waals surface area contributed by atoms with Gasteiger partial charge in [-0.15, -0.1) is 11.3 Å². The normalized spacial score (nSPS) is 11.2. The second kappa shape index (κ2) is 8.53. The van der Waals surface area contributed by atoms with E-state index in [-0.39, 0.29) is 10.7 Å². The first-order valence-electron chi connectivity index (χ1n) is 7.81. The van der Waals surface area contributed by atoms with Crippen LogP contribution in [0.15, 0.2) is 42.0 Å². The van der Waals surface area contributed by atoms with E-state index in [1.807, 2.05) is 5.32 Å². The van der Waals surface area contributed by atoms with Crippen molar-refractivity contribution in [2.75, 3.05) is 11.9 Å². The third kappa shape index (κ3) is 5.06. The maximum Gasteiger partial charge on any atom is 0.418 e. The molecular weight excluding hydrogens is 433 g/mol. The van der Waals surface area contributed by atoms with Gasteiger partial charge in [-0.2, -0.15) is 13.2 Å². The second-order valence-electron chi connectivity index (χ2n) is 5.39. The molecule has 0 aliphatic heterocycles. The predicted molar refractivity (Wildman–Crippen MR) is 98.5 cm³/mol. The maximum absolute atomic E-state index is 13.0. The molecule has 0 bridgehead atoms. The van der Waals surface area contributed by atoms with Crippen LogP contribution in [0.1, 0.15) is 16.1 Å². The summed E-state index contributed by atoms with van der Waals surface area (Å²) in [5.41, 5.74) is -1.81. The number of aromatic nitrogens is 3. The van der Waals surface area contributed by atoms with Gasteiger partial charge in [-0.05, 0) is 18.2 Å². The van der Waals surface area contributed by atoms with Gasteiger partial charge in [0.15, 0.2) is 23.1 Å². The van der Waals surface area contributed by atoms with Gasteiger partial charge in [-0.3, -0.25) is 4.79 Å². The lowest BCUT2D eigenvalue weighted by Gasteiger charge is -2.15. The van der Waals surface area contributed by atoms with Crippen molar-refractivity contribution in [2.24, 2.45) is 0 Å². The van der Waals surface area contributed by atoms with E-state index >= 15 is 0 Å². The second-order valence-corrected chi connectivity index (χ2v) is 6.66. The van der Waals surface area contributed by atoms with E-state index in [1.165, 1.54) is 23.8 Å². The molecule has 150 valence electrons. The van der Waals surface area contributed by atoms with Crippen molar-refractivity contribution in [3.63, 3.8) is 0 Å². The van der Waals surface area contributed by atoms with Crippen LogP contribution in [-0.2, 0) is 15.7 Å². The average Bonchev–Trinajstić information content (AvgIpc) is 3.18. The number of para-hydroxylation sites is 1. The number of hydrogen-bond donors (Lipinski definition) is 1. The standard InChI is InChI=1S/C17H10ClF3N4O3S/c18-10-4-1-3-9(17(19,20)21)13(10)25-12(26)7-28-16(27)11-8-29-15(24-11)14-22-5-2-6-23-14/h1-6,8H,7H2,(H,25,26). The van der Waals surface area contributed by atoms with E-state index in [0.29, 0.717) is 10.8 Å². The first-order chi connectivity index (χ1) is 13.8. The number of hydrogen-bond acceptors (Lipinski definition) is 7. The lowest BCUT2D eigenvalue weighted by atomic mass is 10.1. The highest BCUT2D eigenvalue weighted by Crippen LogP contribution is 2.38. The van der Waals surface area contributed by atoms with Crippen LogP contribution in [0.2, 0.25) is 5.02 Å². The quantitative estimate of drug-likeness (QED) is 0.599. The zero-order chi connectivity index (χ0) is 21.0. The number of rotatable bonds is 5. The molecule has 0 spiro atoms. The van der Waals surface area contributed by atoms with Crippen LogP contribution in [0.25, 0.3) is 10.8 Å². The number of thiazole rings is 1. The molecule has 1 aromatic carbocycles. The minimum absolute atomic E-state index is 0.0843. The first kappa shape index (κ1) is 20.7. The van der Waals surface area contributed by atoms with Crippen LogP contribution >= 0.6 is 22.9 Å². The van der Waals surface area contributed by atoms with Gasteiger partial charge in [-0.25, -0.2) is 19.7 Å². The van der Waals surface area contributed by atoms with E-state index in [2.05, 4.69) is 15.0 Å². The van der Waals surface area contributed by atoms with E-state index in [0.717, 1.165) is 23.5 Å². The number of halogens is 4. The smallest absolute Gasteiger partial charge is 0.418 e. The molecule has 0 unspecified atom stereocenters. The topological polar surface area (TPSA) is 94.1 Å². The van der Waals surface area contributed by atoms with E-state index in [9.17, 15) is 22.8 Å². The molecule has 0 aliphatic rings. The molecule has 0 radical (unpaired) electrons. The lowest BCUT2D eigenvalue weighted by Crippen LogP contribution is -2.23. The van der Waals surface area contributed by atoms with Crippen LogP contribution in [0.4, 0.5) is 18.9 Å². The van der Waals surface area contributed by atoms with Crippen LogP contribution in [0.5, 0.6) is 0 Å². The summed E-state index contributed by atoms with van der Waals surface area (Å²) in [5, 5.41) is 3.48. The van der Waals surface area contributed by atoms with Crippen LogP contribution < -0.4 is 5.32 Å². The zero-order valence-electron chi connectivity index (χ0n) is 14.2. The Bertz CT molecular complexity index is 1040. The summed E-state index contributed by atoms with van der Waals surface area (Å²) in [6.07, 6.45) is -1.70. The highest BCUT2D eigenvalue weighted by Gasteiger charge is 2.34. The van der Waals surface area contributed by atoms with Crippen molar-refractivity contribution in [3.8, 4) is 10.8 Å². The lowest BCUT2D eigenvalue weighted by molar-refractivity contribution is -0.137. The van der Waals surface area contributed by atoms with E-state index in [1.54, 1.807) is 6.07 Å². The molecule has 1 amide bonds. The van der Waals surface area contributed by atoms with Gasteiger partial charge < -0.3 is 10.1 Å². The molecule has 29 heavy (non-hydrogen) atoms. The summed E-state index contributed by atoms with van der Waals surface area (Å²) in [7, 11) is 0. The van der Waals surface area contributed by atoms with E-state index < -0.39 is 35.9 Å². The Morgan fingerprint density at radius 2 is 1.90 bits per heavy atom. The fourth-order valence-electron chi connectivity index (χ4n) is 2.15. The Hall–Kier alpha value is -3.05. The number of amides is 1. The van der Waals surface area contributed by atoms with Gasteiger partial charge in [0.1, 0.15) is 0 Å². The van der Waals surface area contributed by atoms with Crippen molar-refractivity contribution in [3.05, 3.63) is 58.3 Å². The molecule has 7 nitrogen and oxygen atoms in total. The highest BCUT2D eigenvalue weighted by molar-refractivity contribution is 7.13. The number of carbonyl (C=O) groups is 2. The number of ether oxygens (including phenoxy) is 1. The highest BCUT2D eigenvalue weighted by atomic mass is 35.5.